The van der Waals surface area contributed by atoms with E-state index < -0.39 is 0 Å². The van der Waals surface area contributed by atoms with Crippen molar-refractivity contribution in [3.05, 3.63) is 29.0 Å². The fourth-order valence-corrected chi connectivity index (χ4v) is 1.21. The molecule has 0 atom stereocenters. The van der Waals surface area contributed by atoms with Crippen molar-refractivity contribution >= 4 is 22.9 Å². The van der Waals surface area contributed by atoms with Gasteiger partial charge in [0, 0.05) is 11.0 Å². The van der Waals surface area contributed by atoms with E-state index in [-0.39, 0.29) is 18.1 Å². The Balaban J connectivity index is 2.53. The van der Waals surface area contributed by atoms with Gasteiger partial charge < -0.3 is 10.4 Å². The molecule has 0 saturated heterocycles. The molecule has 0 fully saturated rings. The van der Waals surface area contributed by atoms with E-state index in [1.807, 2.05) is 10.8 Å². The van der Waals surface area contributed by atoms with E-state index in [4.69, 9.17) is 5.11 Å². The molecule has 0 bridgehead atoms. The van der Waals surface area contributed by atoms with Gasteiger partial charge >= 0.3 is 0 Å². The van der Waals surface area contributed by atoms with E-state index in [0.29, 0.717) is 0 Å². The van der Waals surface area contributed by atoms with Crippen LogP contribution in [0.1, 0.15) is 0 Å². The maximum atomic E-state index is 11.1. The van der Waals surface area contributed by atoms with Gasteiger partial charge in [0.05, 0.1) is 12.3 Å². The first-order valence-electron chi connectivity index (χ1n) is 3.36. The van der Waals surface area contributed by atoms with Crippen molar-refractivity contribution in [1.82, 2.24) is 0 Å². The molecule has 4 heteroatoms. The molecule has 0 radical (unpaired) electrons. The predicted molar refractivity (Wildman–Crippen MR) is 49.2 cm³/mol. The molecule has 0 saturated carbocycles. The number of amides is 1. The SMILES string of the molecule is C=C(CO)C(=O)Nc1ccsc1. The minimum atomic E-state index is -0.337. The smallest absolute Gasteiger partial charge is 0.253 e. The van der Waals surface area contributed by atoms with Gasteiger partial charge in [0.25, 0.3) is 5.91 Å². The number of thiophene rings is 1. The Labute approximate surface area is 74.3 Å². The zero-order valence-electron chi connectivity index (χ0n) is 6.41. The van der Waals surface area contributed by atoms with Crippen molar-refractivity contribution in [2.24, 2.45) is 0 Å². The molecule has 0 aromatic carbocycles. The molecule has 0 aliphatic rings. The van der Waals surface area contributed by atoms with Gasteiger partial charge in [-0.1, -0.05) is 6.58 Å². The quantitative estimate of drug-likeness (QED) is 0.692. The Morgan fingerprint density at radius 2 is 2.50 bits per heavy atom. The maximum absolute atomic E-state index is 11.1. The van der Waals surface area contributed by atoms with Crippen molar-refractivity contribution in [3.63, 3.8) is 0 Å². The van der Waals surface area contributed by atoms with E-state index in [1.54, 1.807) is 6.07 Å². The minimum Gasteiger partial charge on any atom is -0.391 e. The van der Waals surface area contributed by atoms with Gasteiger partial charge in [-0.25, -0.2) is 0 Å². The molecule has 0 aliphatic heterocycles. The van der Waals surface area contributed by atoms with Crippen LogP contribution in [0.5, 0.6) is 0 Å². The summed E-state index contributed by atoms with van der Waals surface area (Å²) in [5.74, 6) is -0.337. The number of aliphatic hydroxyl groups is 1. The lowest BCUT2D eigenvalue weighted by Gasteiger charge is -2.01. The fourth-order valence-electron chi connectivity index (χ4n) is 0.627. The zero-order chi connectivity index (χ0) is 8.97. The van der Waals surface area contributed by atoms with Crippen LogP contribution in [0.15, 0.2) is 29.0 Å². The molecule has 1 rings (SSSR count). The number of carbonyl (C=O) groups is 1. The Bertz CT molecular complexity index is 279. The van der Waals surface area contributed by atoms with Gasteiger partial charge in [-0.3, -0.25) is 4.79 Å². The lowest BCUT2D eigenvalue weighted by atomic mass is 10.3. The zero-order valence-corrected chi connectivity index (χ0v) is 7.23. The molecule has 0 unspecified atom stereocenters. The average Bonchev–Trinajstić information content (AvgIpc) is 2.55. The summed E-state index contributed by atoms with van der Waals surface area (Å²) in [6.07, 6.45) is 0. The fraction of sp³-hybridized carbons (Fsp3) is 0.125. The topological polar surface area (TPSA) is 49.3 Å². The van der Waals surface area contributed by atoms with Gasteiger partial charge in [0.1, 0.15) is 0 Å². The third-order valence-electron chi connectivity index (χ3n) is 1.29. The molecule has 1 aromatic rings. The summed E-state index contributed by atoms with van der Waals surface area (Å²) >= 11 is 1.49. The van der Waals surface area contributed by atoms with Gasteiger partial charge in [-0.05, 0) is 11.4 Å². The largest absolute Gasteiger partial charge is 0.391 e. The van der Waals surface area contributed by atoms with Crippen molar-refractivity contribution in [1.29, 1.82) is 0 Å². The molecular formula is C8H9NO2S. The molecule has 1 amide bonds. The summed E-state index contributed by atoms with van der Waals surface area (Å²) in [7, 11) is 0. The summed E-state index contributed by atoms with van der Waals surface area (Å²) in [5, 5.41) is 14.8. The van der Waals surface area contributed by atoms with E-state index in [0.717, 1.165) is 5.69 Å². The summed E-state index contributed by atoms with van der Waals surface area (Å²) < 4.78 is 0. The van der Waals surface area contributed by atoms with E-state index >= 15 is 0 Å². The number of rotatable bonds is 3. The van der Waals surface area contributed by atoms with Crippen molar-refractivity contribution in [2.75, 3.05) is 11.9 Å². The normalized spacial score (nSPS) is 9.42. The lowest BCUT2D eigenvalue weighted by Crippen LogP contribution is -2.15. The molecule has 3 nitrogen and oxygen atoms in total. The maximum Gasteiger partial charge on any atom is 0.253 e. The molecule has 64 valence electrons. The molecule has 2 N–H and O–H groups in total. The first-order valence-corrected chi connectivity index (χ1v) is 4.30. The highest BCUT2D eigenvalue weighted by atomic mass is 32.1. The number of carbonyl (C=O) groups excluding carboxylic acids is 1. The number of aliphatic hydroxyl groups excluding tert-OH is 1. The summed E-state index contributed by atoms with van der Waals surface area (Å²) in [6.45, 7) is 3.09. The Morgan fingerprint density at radius 3 is 3.00 bits per heavy atom. The van der Waals surface area contributed by atoms with E-state index in [9.17, 15) is 4.79 Å². The van der Waals surface area contributed by atoms with Crippen molar-refractivity contribution in [2.45, 2.75) is 0 Å². The van der Waals surface area contributed by atoms with Crippen molar-refractivity contribution < 1.29 is 9.90 Å². The second kappa shape index (κ2) is 4.04. The van der Waals surface area contributed by atoms with Crippen LogP contribution in [-0.2, 0) is 4.79 Å². The third kappa shape index (κ3) is 2.18. The standard InChI is InChI=1S/C8H9NO2S/c1-6(4-10)8(11)9-7-2-3-12-5-7/h2-3,5,10H,1,4H2,(H,9,11). The van der Waals surface area contributed by atoms with E-state index in [1.165, 1.54) is 11.3 Å². The number of hydrogen-bond donors (Lipinski definition) is 2. The molecule has 1 heterocycles. The average molecular weight is 183 g/mol. The second-order valence-corrected chi connectivity index (χ2v) is 3.01. The number of nitrogens with one attached hydrogen (secondary N) is 1. The van der Waals surface area contributed by atoms with Crippen LogP contribution < -0.4 is 5.32 Å². The van der Waals surface area contributed by atoms with Crippen LogP contribution in [0.4, 0.5) is 5.69 Å². The van der Waals surface area contributed by atoms with Gasteiger partial charge in [-0.15, -0.1) is 0 Å². The van der Waals surface area contributed by atoms with Gasteiger partial charge in [-0.2, -0.15) is 11.3 Å². The highest BCUT2D eigenvalue weighted by Crippen LogP contribution is 2.12. The van der Waals surface area contributed by atoms with Gasteiger partial charge in [0.15, 0.2) is 0 Å². The Kier molecular flexibility index (Phi) is 3.01. The van der Waals surface area contributed by atoms with Crippen LogP contribution in [0.25, 0.3) is 0 Å². The lowest BCUT2D eigenvalue weighted by molar-refractivity contribution is -0.113. The highest BCUT2D eigenvalue weighted by molar-refractivity contribution is 7.08. The van der Waals surface area contributed by atoms with Crippen LogP contribution >= 0.6 is 11.3 Å². The van der Waals surface area contributed by atoms with E-state index in [2.05, 4.69) is 11.9 Å². The monoisotopic (exact) mass is 183 g/mol. The predicted octanol–water partition coefficient (Wildman–Crippen LogP) is 1.24. The molecule has 0 aliphatic carbocycles. The first kappa shape index (κ1) is 8.96. The van der Waals surface area contributed by atoms with Gasteiger partial charge in [0.2, 0.25) is 0 Å². The Morgan fingerprint density at radius 1 is 1.75 bits per heavy atom. The van der Waals surface area contributed by atoms with Crippen LogP contribution in [0.3, 0.4) is 0 Å². The van der Waals surface area contributed by atoms with Crippen LogP contribution in [0.2, 0.25) is 0 Å². The Hall–Kier alpha value is -1.13. The first-order chi connectivity index (χ1) is 5.74. The van der Waals surface area contributed by atoms with Crippen LogP contribution in [-0.4, -0.2) is 17.6 Å². The molecular weight excluding hydrogens is 174 g/mol. The van der Waals surface area contributed by atoms with Crippen molar-refractivity contribution in [3.8, 4) is 0 Å². The highest BCUT2D eigenvalue weighted by Gasteiger charge is 2.05. The summed E-state index contributed by atoms with van der Waals surface area (Å²) in [4.78, 5) is 11.1. The third-order valence-corrected chi connectivity index (χ3v) is 1.97. The minimum absolute atomic E-state index is 0.168. The number of anilines is 1. The van der Waals surface area contributed by atoms with Crippen LogP contribution in [0, 0.1) is 0 Å². The summed E-state index contributed by atoms with van der Waals surface area (Å²) in [6, 6.07) is 1.78. The summed E-state index contributed by atoms with van der Waals surface area (Å²) in [5.41, 5.74) is 0.904. The molecule has 12 heavy (non-hydrogen) atoms. The molecule has 0 spiro atoms. The molecule has 1 aromatic heterocycles. The second-order valence-electron chi connectivity index (χ2n) is 2.23. The number of hydrogen-bond acceptors (Lipinski definition) is 3.